The molecule has 0 fully saturated rings. The van der Waals surface area contributed by atoms with E-state index >= 15 is 0 Å². The third-order valence-corrected chi connectivity index (χ3v) is 2.98. The number of ether oxygens (including phenoxy) is 1. The largest absolute Gasteiger partial charge is 0.487 e. The summed E-state index contributed by atoms with van der Waals surface area (Å²) in [6.45, 7) is 3.00. The Balaban J connectivity index is 2.17. The summed E-state index contributed by atoms with van der Waals surface area (Å²) < 4.78 is 5.12. The zero-order valence-electron chi connectivity index (χ0n) is 7.70. The molecule has 2 heterocycles. The van der Waals surface area contributed by atoms with Crippen molar-refractivity contribution >= 4 is 17.2 Å². The number of nitrogens with one attached hydrogen (secondary N) is 1. The second-order valence-electron chi connectivity index (χ2n) is 3.06. The first-order valence-electron chi connectivity index (χ1n) is 4.25. The fourth-order valence-electron chi connectivity index (χ4n) is 1.26. The number of hydrogen-bond acceptors (Lipinski definition) is 4. The van der Waals surface area contributed by atoms with Gasteiger partial charge < -0.3 is 10.1 Å². The van der Waals surface area contributed by atoms with Crippen molar-refractivity contribution in [2.24, 2.45) is 4.99 Å². The van der Waals surface area contributed by atoms with Gasteiger partial charge in [-0.15, -0.1) is 0 Å². The van der Waals surface area contributed by atoms with Gasteiger partial charge in [0.15, 0.2) is 5.06 Å². The highest BCUT2D eigenvalue weighted by molar-refractivity contribution is 7.15. The van der Waals surface area contributed by atoms with E-state index in [2.05, 4.69) is 17.2 Å². The molecule has 70 valence electrons. The van der Waals surface area contributed by atoms with Crippen LogP contribution in [0.5, 0.6) is 5.06 Å². The second-order valence-corrected chi connectivity index (χ2v) is 4.10. The summed E-state index contributed by atoms with van der Waals surface area (Å²) in [5.74, 6) is 1.00. The third kappa shape index (κ3) is 1.67. The Morgan fingerprint density at radius 2 is 2.46 bits per heavy atom. The van der Waals surface area contributed by atoms with Crippen molar-refractivity contribution in [3.8, 4) is 5.06 Å². The molecule has 1 aromatic heterocycles. The molecule has 0 spiro atoms. The number of aliphatic imine (C=N–C) groups is 1. The lowest BCUT2D eigenvalue weighted by atomic mass is 10.3. The van der Waals surface area contributed by atoms with Crippen LogP contribution in [0.1, 0.15) is 11.8 Å². The molecule has 0 radical (unpaired) electrons. The van der Waals surface area contributed by atoms with E-state index in [4.69, 9.17) is 4.74 Å². The Morgan fingerprint density at radius 3 is 3.00 bits per heavy atom. The summed E-state index contributed by atoms with van der Waals surface area (Å²) in [5.41, 5.74) is 0. The van der Waals surface area contributed by atoms with Crippen molar-refractivity contribution in [3.05, 3.63) is 17.0 Å². The zero-order chi connectivity index (χ0) is 9.26. The normalized spacial score (nSPS) is 21.1. The quantitative estimate of drug-likeness (QED) is 0.777. The minimum atomic E-state index is 0.461. The standard InChI is InChI=1S/C9H12N2OS/c1-6-5-10-9(11-6)7-3-4-8(12-2)13-7/h3-4,6H,5H2,1-2H3,(H,10,11). The van der Waals surface area contributed by atoms with E-state index in [-0.39, 0.29) is 0 Å². The molecule has 1 N–H and O–H groups in total. The molecule has 2 rings (SSSR count). The second kappa shape index (κ2) is 3.38. The van der Waals surface area contributed by atoms with E-state index in [1.165, 1.54) is 0 Å². The SMILES string of the molecule is COc1ccc(C2=NCC(C)N2)s1. The fraction of sp³-hybridized carbons (Fsp3) is 0.444. The van der Waals surface area contributed by atoms with Crippen molar-refractivity contribution < 1.29 is 4.74 Å². The summed E-state index contributed by atoms with van der Waals surface area (Å²) in [6.07, 6.45) is 0. The lowest BCUT2D eigenvalue weighted by Gasteiger charge is -2.02. The maximum Gasteiger partial charge on any atom is 0.173 e. The van der Waals surface area contributed by atoms with Crippen molar-refractivity contribution in [1.29, 1.82) is 0 Å². The number of thiophene rings is 1. The molecule has 1 aliphatic heterocycles. The lowest BCUT2D eigenvalue weighted by Crippen LogP contribution is -2.26. The van der Waals surface area contributed by atoms with Crippen LogP contribution in [0.25, 0.3) is 0 Å². The van der Waals surface area contributed by atoms with Crippen molar-refractivity contribution in [2.75, 3.05) is 13.7 Å². The topological polar surface area (TPSA) is 33.6 Å². The number of amidine groups is 1. The van der Waals surface area contributed by atoms with Crippen molar-refractivity contribution in [3.63, 3.8) is 0 Å². The summed E-state index contributed by atoms with van der Waals surface area (Å²) in [5, 5.41) is 4.24. The van der Waals surface area contributed by atoms with E-state index in [9.17, 15) is 0 Å². The minimum Gasteiger partial charge on any atom is -0.487 e. The number of hydrogen-bond donors (Lipinski definition) is 1. The van der Waals surface area contributed by atoms with Gasteiger partial charge in [0.2, 0.25) is 0 Å². The Morgan fingerprint density at radius 1 is 1.62 bits per heavy atom. The number of rotatable bonds is 2. The van der Waals surface area contributed by atoms with Gasteiger partial charge in [-0.25, -0.2) is 0 Å². The Kier molecular flexibility index (Phi) is 2.22. The van der Waals surface area contributed by atoms with Gasteiger partial charge in [0.25, 0.3) is 0 Å². The molecular formula is C9H12N2OS. The van der Waals surface area contributed by atoms with Gasteiger partial charge in [0, 0.05) is 6.04 Å². The van der Waals surface area contributed by atoms with Gasteiger partial charge in [0.1, 0.15) is 5.84 Å². The molecule has 1 atom stereocenters. The highest BCUT2D eigenvalue weighted by atomic mass is 32.1. The van der Waals surface area contributed by atoms with Crippen LogP contribution in [0, 0.1) is 0 Å². The van der Waals surface area contributed by atoms with Crippen LogP contribution in [0.4, 0.5) is 0 Å². The molecule has 0 aliphatic carbocycles. The van der Waals surface area contributed by atoms with Crippen molar-refractivity contribution in [2.45, 2.75) is 13.0 Å². The molecule has 13 heavy (non-hydrogen) atoms. The first kappa shape index (κ1) is 8.56. The number of nitrogens with zero attached hydrogens (tertiary/aromatic N) is 1. The van der Waals surface area contributed by atoms with Crippen LogP contribution < -0.4 is 10.1 Å². The molecule has 0 saturated carbocycles. The average Bonchev–Trinajstić information content (AvgIpc) is 2.71. The predicted octanol–water partition coefficient (Wildman–Crippen LogP) is 1.50. The van der Waals surface area contributed by atoms with E-state index < -0.39 is 0 Å². The van der Waals surface area contributed by atoms with Crippen LogP contribution in [0.3, 0.4) is 0 Å². The lowest BCUT2D eigenvalue weighted by molar-refractivity contribution is 0.427. The van der Waals surface area contributed by atoms with Gasteiger partial charge in [-0.2, -0.15) is 0 Å². The Hall–Kier alpha value is -1.03. The van der Waals surface area contributed by atoms with Gasteiger partial charge in [0.05, 0.1) is 18.5 Å². The molecule has 0 saturated heterocycles. The third-order valence-electron chi connectivity index (χ3n) is 1.92. The number of methoxy groups -OCH3 is 1. The van der Waals surface area contributed by atoms with Crippen molar-refractivity contribution in [1.82, 2.24) is 5.32 Å². The molecule has 0 amide bonds. The van der Waals surface area contributed by atoms with Crippen LogP contribution in [0.15, 0.2) is 17.1 Å². The van der Waals surface area contributed by atoms with Gasteiger partial charge >= 0.3 is 0 Å². The van der Waals surface area contributed by atoms with Gasteiger partial charge in [-0.3, -0.25) is 4.99 Å². The smallest absolute Gasteiger partial charge is 0.173 e. The predicted molar refractivity (Wildman–Crippen MR) is 54.9 cm³/mol. The van der Waals surface area contributed by atoms with Gasteiger partial charge in [-0.05, 0) is 19.1 Å². The van der Waals surface area contributed by atoms with Crippen LogP contribution >= 0.6 is 11.3 Å². The summed E-state index contributed by atoms with van der Waals surface area (Å²) in [7, 11) is 1.68. The first-order valence-corrected chi connectivity index (χ1v) is 5.06. The molecular weight excluding hydrogens is 184 g/mol. The molecule has 1 unspecified atom stereocenters. The maximum absolute atomic E-state index is 5.12. The first-order chi connectivity index (χ1) is 6.29. The summed E-state index contributed by atoms with van der Waals surface area (Å²) in [6, 6.07) is 4.46. The Labute approximate surface area is 81.4 Å². The zero-order valence-corrected chi connectivity index (χ0v) is 8.52. The van der Waals surface area contributed by atoms with Crippen LogP contribution in [-0.4, -0.2) is 25.5 Å². The van der Waals surface area contributed by atoms with E-state index in [0.717, 1.165) is 22.3 Å². The fourth-order valence-corrected chi connectivity index (χ4v) is 2.05. The van der Waals surface area contributed by atoms with Crippen LogP contribution in [-0.2, 0) is 0 Å². The molecule has 3 nitrogen and oxygen atoms in total. The molecule has 1 aromatic rings. The molecule has 0 aromatic carbocycles. The molecule has 4 heteroatoms. The van der Waals surface area contributed by atoms with E-state index in [1.807, 2.05) is 12.1 Å². The van der Waals surface area contributed by atoms with Crippen LogP contribution in [0.2, 0.25) is 0 Å². The van der Waals surface area contributed by atoms with E-state index in [1.54, 1.807) is 18.4 Å². The summed E-state index contributed by atoms with van der Waals surface area (Å²) in [4.78, 5) is 5.55. The maximum atomic E-state index is 5.12. The minimum absolute atomic E-state index is 0.461. The average molecular weight is 196 g/mol. The monoisotopic (exact) mass is 196 g/mol. The van der Waals surface area contributed by atoms with E-state index in [0.29, 0.717) is 6.04 Å². The highest BCUT2D eigenvalue weighted by Crippen LogP contribution is 2.24. The Bertz CT molecular complexity index is 332. The van der Waals surface area contributed by atoms with Gasteiger partial charge in [-0.1, -0.05) is 11.3 Å². The molecule has 0 bridgehead atoms. The highest BCUT2D eigenvalue weighted by Gasteiger charge is 2.15. The molecule has 1 aliphatic rings. The summed E-state index contributed by atoms with van der Waals surface area (Å²) >= 11 is 1.62.